The van der Waals surface area contributed by atoms with Crippen LogP contribution in [0.15, 0.2) is 34.9 Å². The van der Waals surface area contributed by atoms with Crippen LogP contribution >= 0.6 is 0 Å². The molecule has 21 heavy (non-hydrogen) atoms. The second kappa shape index (κ2) is 6.49. The van der Waals surface area contributed by atoms with Gasteiger partial charge >= 0.3 is 0 Å². The topological polar surface area (TPSA) is 71.3 Å². The lowest BCUT2D eigenvalue weighted by Gasteiger charge is -2.25. The number of hydrogen-bond acceptors (Lipinski definition) is 5. The number of piperazine rings is 1. The highest BCUT2D eigenvalue weighted by Gasteiger charge is 2.16. The van der Waals surface area contributed by atoms with Crippen LogP contribution in [0.3, 0.4) is 0 Å². The highest BCUT2D eigenvalue weighted by atomic mass is 16.5. The van der Waals surface area contributed by atoms with Gasteiger partial charge in [0.2, 0.25) is 17.6 Å². The number of amides is 1. The molecule has 1 fully saturated rings. The number of benzene rings is 1. The van der Waals surface area contributed by atoms with Gasteiger partial charge in [0.05, 0.1) is 6.54 Å². The second-order valence-electron chi connectivity index (χ2n) is 5.11. The molecule has 0 bridgehead atoms. The lowest BCUT2D eigenvalue weighted by molar-refractivity contribution is -0.124. The maximum Gasteiger partial charge on any atom is 0.234 e. The number of carbonyl (C=O) groups is 1. The average Bonchev–Trinajstić information content (AvgIpc) is 2.97. The van der Waals surface area contributed by atoms with Crippen molar-refractivity contribution in [2.45, 2.75) is 12.8 Å². The van der Waals surface area contributed by atoms with Gasteiger partial charge in [0.15, 0.2) is 0 Å². The largest absolute Gasteiger partial charge is 0.354 e. The van der Waals surface area contributed by atoms with E-state index in [9.17, 15) is 4.79 Å². The normalized spacial score (nSPS) is 15.9. The zero-order valence-corrected chi connectivity index (χ0v) is 11.8. The van der Waals surface area contributed by atoms with Gasteiger partial charge in [0.25, 0.3) is 0 Å². The molecule has 0 saturated carbocycles. The first-order valence-electron chi connectivity index (χ1n) is 7.18. The quantitative estimate of drug-likeness (QED) is 0.891. The van der Waals surface area contributed by atoms with Crippen LogP contribution in [0, 0.1) is 0 Å². The Kier molecular flexibility index (Phi) is 4.25. The molecule has 0 radical (unpaired) electrons. The summed E-state index contributed by atoms with van der Waals surface area (Å²) in [6, 6.07) is 9.78. The van der Waals surface area contributed by atoms with Gasteiger partial charge in [-0.1, -0.05) is 35.5 Å². The lowest BCUT2D eigenvalue weighted by Crippen LogP contribution is -2.47. The van der Waals surface area contributed by atoms with Gasteiger partial charge in [-0.3, -0.25) is 9.69 Å². The Balaban J connectivity index is 1.50. The standard InChI is InChI=1S/C15H18N4O2/c20-13-11-19(10-8-16-13)9-4-7-14-17-15(18-21-14)12-5-2-1-3-6-12/h1-3,5-6H,4,7-11H2,(H,16,20). The van der Waals surface area contributed by atoms with E-state index in [1.807, 2.05) is 30.3 Å². The van der Waals surface area contributed by atoms with Crippen molar-refractivity contribution in [2.75, 3.05) is 26.2 Å². The molecule has 2 aromatic rings. The summed E-state index contributed by atoms with van der Waals surface area (Å²) in [7, 11) is 0. The Morgan fingerprint density at radius 1 is 1.29 bits per heavy atom. The van der Waals surface area contributed by atoms with Gasteiger partial charge in [0.1, 0.15) is 0 Å². The third kappa shape index (κ3) is 3.66. The molecule has 3 rings (SSSR count). The third-order valence-corrected chi connectivity index (χ3v) is 3.48. The van der Waals surface area contributed by atoms with E-state index in [-0.39, 0.29) is 5.91 Å². The van der Waals surface area contributed by atoms with E-state index in [0.29, 0.717) is 18.3 Å². The molecule has 1 aliphatic rings. The fourth-order valence-electron chi connectivity index (χ4n) is 2.40. The van der Waals surface area contributed by atoms with Crippen LogP contribution in [0.1, 0.15) is 12.3 Å². The monoisotopic (exact) mass is 286 g/mol. The third-order valence-electron chi connectivity index (χ3n) is 3.48. The molecule has 1 aliphatic heterocycles. The number of nitrogens with one attached hydrogen (secondary N) is 1. The molecule has 0 atom stereocenters. The Bertz CT molecular complexity index is 597. The summed E-state index contributed by atoms with van der Waals surface area (Å²) in [5, 5.41) is 6.82. The fourth-order valence-corrected chi connectivity index (χ4v) is 2.40. The van der Waals surface area contributed by atoms with Gasteiger partial charge in [-0.15, -0.1) is 0 Å². The molecule has 0 unspecified atom stereocenters. The lowest BCUT2D eigenvalue weighted by atomic mass is 10.2. The molecule has 1 N–H and O–H groups in total. The highest BCUT2D eigenvalue weighted by molar-refractivity contribution is 5.78. The van der Waals surface area contributed by atoms with E-state index in [1.165, 1.54) is 0 Å². The smallest absolute Gasteiger partial charge is 0.234 e. The predicted octanol–water partition coefficient (Wildman–Crippen LogP) is 1.10. The van der Waals surface area contributed by atoms with Crippen molar-refractivity contribution in [3.05, 3.63) is 36.2 Å². The van der Waals surface area contributed by atoms with E-state index in [0.717, 1.165) is 38.0 Å². The molecule has 1 aromatic carbocycles. The van der Waals surface area contributed by atoms with Crippen molar-refractivity contribution < 1.29 is 9.32 Å². The van der Waals surface area contributed by atoms with E-state index >= 15 is 0 Å². The zero-order chi connectivity index (χ0) is 14.5. The first kappa shape index (κ1) is 13.8. The van der Waals surface area contributed by atoms with E-state index in [1.54, 1.807) is 0 Å². The number of aryl methyl sites for hydroxylation is 1. The van der Waals surface area contributed by atoms with Crippen LogP contribution in [0.4, 0.5) is 0 Å². The summed E-state index contributed by atoms with van der Waals surface area (Å²) in [4.78, 5) is 17.8. The molecule has 6 heteroatoms. The van der Waals surface area contributed by atoms with Crippen LogP contribution in [0.5, 0.6) is 0 Å². The molecule has 2 heterocycles. The first-order valence-corrected chi connectivity index (χ1v) is 7.18. The number of rotatable bonds is 5. The minimum absolute atomic E-state index is 0.102. The molecular weight excluding hydrogens is 268 g/mol. The molecule has 0 spiro atoms. The van der Waals surface area contributed by atoms with Crippen molar-refractivity contribution in [1.82, 2.24) is 20.4 Å². The van der Waals surface area contributed by atoms with Crippen LogP contribution in [0.2, 0.25) is 0 Å². The number of carbonyl (C=O) groups excluding carboxylic acids is 1. The van der Waals surface area contributed by atoms with Crippen LogP contribution in [-0.2, 0) is 11.2 Å². The summed E-state index contributed by atoms with van der Waals surface area (Å²) in [6.07, 6.45) is 1.64. The van der Waals surface area contributed by atoms with Crippen molar-refractivity contribution in [1.29, 1.82) is 0 Å². The van der Waals surface area contributed by atoms with Crippen molar-refractivity contribution in [3.63, 3.8) is 0 Å². The Morgan fingerprint density at radius 2 is 2.14 bits per heavy atom. The maximum atomic E-state index is 11.3. The Hall–Kier alpha value is -2.21. The number of nitrogens with zero attached hydrogens (tertiary/aromatic N) is 3. The summed E-state index contributed by atoms with van der Waals surface area (Å²) >= 11 is 0. The number of aromatic nitrogens is 2. The molecule has 1 amide bonds. The SMILES string of the molecule is O=C1CN(CCCc2nc(-c3ccccc3)no2)CCN1. The van der Waals surface area contributed by atoms with Gasteiger partial charge in [-0.05, 0) is 13.0 Å². The number of hydrogen-bond donors (Lipinski definition) is 1. The molecule has 1 saturated heterocycles. The molecule has 0 aliphatic carbocycles. The summed E-state index contributed by atoms with van der Waals surface area (Å²) in [5.74, 6) is 1.38. The zero-order valence-electron chi connectivity index (χ0n) is 11.8. The van der Waals surface area contributed by atoms with Crippen LogP contribution in [0.25, 0.3) is 11.4 Å². The van der Waals surface area contributed by atoms with Crippen LogP contribution < -0.4 is 5.32 Å². The van der Waals surface area contributed by atoms with Crippen molar-refractivity contribution in [2.24, 2.45) is 0 Å². The minimum Gasteiger partial charge on any atom is -0.354 e. The molecule has 6 nitrogen and oxygen atoms in total. The Labute approximate surface area is 123 Å². The predicted molar refractivity (Wildman–Crippen MR) is 77.5 cm³/mol. The van der Waals surface area contributed by atoms with E-state index in [4.69, 9.17) is 4.52 Å². The maximum absolute atomic E-state index is 11.3. The second-order valence-corrected chi connectivity index (χ2v) is 5.11. The van der Waals surface area contributed by atoms with Gasteiger partial charge in [-0.25, -0.2) is 0 Å². The van der Waals surface area contributed by atoms with Crippen molar-refractivity contribution >= 4 is 5.91 Å². The summed E-state index contributed by atoms with van der Waals surface area (Å²) in [6.45, 7) is 3.00. The highest BCUT2D eigenvalue weighted by Crippen LogP contribution is 2.15. The molecule has 1 aromatic heterocycles. The van der Waals surface area contributed by atoms with E-state index in [2.05, 4.69) is 20.4 Å². The van der Waals surface area contributed by atoms with Gasteiger partial charge in [-0.2, -0.15) is 4.98 Å². The molecular formula is C15H18N4O2. The minimum atomic E-state index is 0.102. The summed E-state index contributed by atoms with van der Waals surface area (Å²) in [5.41, 5.74) is 0.959. The molecule has 110 valence electrons. The summed E-state index contributed by atoms with van der Waals surface area (Å²) < 4.78 is 5.27. The van der Waals surface area contributed by atoms with Crippen LogP contribution in [-0.4, -0.2) is 47.1 Å². The Morgan fingerprint density at radius 3 is 2.95 bits per heavy atom. The van der Waals surface area contributed by atoms with E-state index < -0.39 is 0 Å². The van der Waals surface area contributed by atoms with Crippen molar-refractivity contribution in [3.8, 4) is 11.4 Å². The van der Waals surface area contributed by atoms with Gasteiger partial charge in [0, 0.05) is 25.1 Å². The average molecular weight is 286 g/mol. The van der Waals surface area contributed by atoms with Gasteiger partial charge < -0.3 is 9.84 Å². The first-order chi connectivity index (χ1) is 10.3. The fraction of sp³-hybridized carbons (Fsp3) is 0.400.